The Balaban J connectivity index is 2.82. The summed E-state index contributed by atoms with van der Waals surface area (Å²) in [6, 6.07) is 0. The van der Waals surface area contributed by atoms with Gasteiger partial charge in [-0.3, -0.25) is 0 Å². The molecule has 0 bridgehead atoms. The maximum absolute atomic E-state index is 5.87. The van der Waals surface area contributed by atoms with E-state index < -0.39 is 0 Å². The van der Waals surface area contributed by atoms with Crippen molar-refractivity contribution in [2.75, 3.05) is 0 Å². The van der Waals surface area contributed by atoms with Crippen LogP contribution < -0.4 is 0 Å². The Morgan fingerprint density at radius 1 is 1.36 bits per heavy atom. The molecule has 0 aromatic heterocycles. The molecular formula is C9H8OSe4. The fourth-order valence-corrected chi connectivity index (χ4v) is 3.34. The van der Waals surface area contributed by atoms with Crippen LogP contribution in [0.15, 0.2) is 22.4 Å². The van der Waals surface area contributed by atoms with Crippen LogP contribution >= 0.6 is 0 Å². The van der Waals surface area contributed by atoms with E-state index >= 15 is 0 Å². The van der Waals surface area contributed by atoms with Crippen LogP contribution in [0.2, 0.25) is 0 Å². The zero-order chi connectivity index (χ0) is 10.6. The van der Waals surface area contributed by atoms with E-state index in [1.165, 1.54) is 0 Å². The molecule has 0 aliphatic carbocycles. The first kappa shape index (κ1) is 13.2. The molecule has 1 heterocycles. The van der Waals surface area contributed by atoms with E-state index in [0.29, 0.717) is 0 Å². The summed E-state index contributed by atoms with van der Waals surface area (Å²) < 4.78 is 6.62. The fourth-order valence-electron chi connectivity index (χ4n) is 1.03. The van der Waals surface area contributed by atoms with Gasteiger partial charge in [-0.25, -0.2) is 0 Å². The summed E-state index contributed by atoms with van der Waals surface area (Å²) in [7, 11) is 0. The van der Waals surface area contributed by atoms with E-state index in [1.54, 1.807) is 0 Å². The van der Waals surface area contributed by atoms with E-state index in [0.717, 1.165) is 23.1 Å². The number of ether oxygens (including phenoxy) is 1. The molecule has 0 fully saturated rings. The minimum absolute atomic E-state index is 0.322. The van der Waals surface area contributed by atoms with Crippen LogP contribution in [-0.2, 0) is 4.74 Å². The molecule has 5 heteroatoms. The van der Waals surface area contributed by atoms with E-state index in [-0.39, 0.29) is 4.50 Å². The summed E-state index contributed by atoms with van der Waals surface area (Å²) in [6.45, 7) is 0. The molecule has 1 rings (SSSR count). The van der Waals surface area contributed by atoms with Gasteiger partial charge in [0.25, 0.3) is 0 Å². The van der Waals surface area contributed by atoms with Crippen molar-refractivity contribution in [3.05, 3.63) is 22.4 Å². The van der Waals surface area contributed by atoms with Crippen LogP contribution in [-0.4, -0.2) is 77.5 Å². The molecule has 14 heavy (non-hydrogen) atoms. The Kier molecular flexibility index (Phi) is 5.63. The summed E-state index contributed by atoms with van der Waals surface area (Å²) in [4.78, 5) is 3.94. The van der Waals surface area contributed by atoms with Crippen molar-refractivity contribution in [1.29, 1.82) is 0 Å². The standard InChI is InChI=1S/C9H8OSe4/c11-5-2-7-8(13)1-3-9(14,10-7)4-6-12/h1,3,5-6H,2,4H2. The Labute approximate surface area is 116 Å². The molecule has 0 amide bonds. The summed E-state index contributed by atoms with van der Waals surface area (Å²) in [6.07, 6.45) is 5.73. The first-order valence-corrected chi connectivity index (χ1v) is 7.66. The molecule has 2 radical (unpaired) electrons. The molecule has 1 unspecified atom stereocenters. The van der Waals surface area contributed by atoms with Gasteiger partial charge in [0, 0.05) is 0 Å². The Bertz CT molecular complexity index is 308. The van der Waals surface area contributed by atoms with E-state index in [9.17, 15) is 0 Å². The van der Waals surface area contributed by atoms with Gasteiger partial charge in [-0.05, 0) is 0 Å². The van der Waals surface area contributed by atoms with Gasteiger partial charge in [0.05, 0.1) is 0 Å². The van der Waals surface area contributed by atoms with Crippen molar-refractivity contribution in [3.63, 3.8) is 0 Å². The quantitative estimate of drug-likeness (QED) is 0.530. The average molecular weight is 448 g/mol. The zero-order valence-corrected chi connectivity index (χ0v) is 14.1. The van der Waals surface area contributed by atoms with Crippen LogP contribution in [0.25, 0.3) is 0 Å². The minimum atomic E-state index is -0.322. The molecule has 0 saturated heterocycles. The Hall–Kier alpha value is 1.10. The third-order valence-corrected chi connectivity index (χ3v) is 3.97. The second-order valence-electron chi connectivity index (χ2n) is 2.78. The second kappa shape index (κ2) is 5.99. The maximum atomic E-state index is 5.87. The summed E-state index contributed by atoms with van der Waals surface area (Å²) in [5, 5.41) is 0. The molecule has 0 spiro atoms. The summed E-state index contributed by atoms with van der Waals surface area (Å²) in [5.41, 5.74) is 0. The molecule has 0 aromatic carbocycles. The fraction of sp³-hybridized carbons (Fsp3) is 0.333. The molecule has 1 nitrogen and oxygen atoms in total. The van der Waals surface area contributed by atoms with Crippen molar-refractivity contribution >= 4 is 73.0 Å². The van der Waals surface area contributed by atoms with Gasteiger partial charge in [0.2, 0.25) is 0 Å². The number of rotatable bonds is 4. The Morgan fingerprint density at radius 3 is 2.64 bits per heavy atom. The third-order valence-electron chi connectivity index (χ3n) is 1.70. The van der Waals surface area contributed by atoms with Crippen LogP contribution in [0, 0.1) is 0 Å². The van der Waals surface area contributed by atoms with Gasteiger partial charge in [0.1, 0.15) is 0 Å². The van der Waals surface area contributed by atoms with Crippen molar-refractivity contribution < 1.29 is 4.74 Å². The number of allylic oxidation sites excluding steroid dienone is 3. The molecule has 1 aliphatic rings. The molecule has 0 N–H and O–H groups in total. The molecular weight excluding hydrogens is 440 g/mol. The molecule has 0 aromatic rings. The van der Waals surface area contributed by atoms with E-state index in [2.05, 4.69) is 69.3 Å². The monoisotopic (exact) mass is 452 g/mol. The van der Waals surface area contributed by atoms with Gasteiger partial charge >= 0.3 is 117 Å². The number of hydrogen-bond acceptors (Lipinski definition) is 1. The van der Waals surface area contributed by atoms with Crippen molar-refractivity contribution in [2.24, 2.45) is 0 Å². The van der Waals surface area contributed by atoms with Gasteiger partial charge in [-0.1, -0.05) is 0 Å². The van der Waals surface area contributed by atoms with Gasteiger partial charge in [0.15, 0.2) is 0 Å². The first-order valence-electron chi connectivity index (χ1n) is 3.97. The van der Waals surface area contributed by atoms with E-state index in [1.807, 2.05) is 15.9 Å². The van der Waals surface area contributed by atoms with Crippen LogP contribution in [0.3, 0.4) is 0 Å². The van der Waals surface area contributed by atoms with E-state index in [4.69, 9.17) is 4.74 Å². The molecule has 74 valence electrons. The topological polar surface area (TPSA) is 9.23 Å². The van der Waals surface area contributed by atoms with Gasteiger partial charge in [-0.15, -0.1) is 0 Å². The summed E-state index contributed by atoms with van der Waals surface area (Å²) in [5.74, 6) is 0.979. The van der Waals surface area contributed by atoms with Gasteiger partial charge in [-0.2, -0.15) is 0 Å². The van der Waals surface area contributed by atoms with Crippen LogP contribution in [0.1, 0.15) is 12.8 Å². The summed E-state index contributed by atoms with van der Waals surface area (Å²) >= 11 is 11.8. The van der Waals surface area contributed by atoms with Crippen molar-refractivity contribution in [1.82, 2.24) is 0 Å². The van der Waals surface area contributed by atoms with Crippen molar-refractivity contribution in [3.8, 4) is 0 Å². The predicted octanol–water partition coefficient (Wildman–Crippen LogP) is -0.461. The number of hydrogen-bond donors (Lipinski definition) is 0. The SMILES string of the molecule is [Se]C1=C(CC=[Se])OC([Se])(CC=[Se])C=C1. The predicted molar refractivity (Wildman–Crippen MR) is 64.4 cm³/mol. The van der Waals surface area contributed by atoms with Crippen molar-refractivity contribution in [2.45, 2.75) is 17.3 Å². The van der Waals surface area contributed by atoms with Crippen LogP contribution in [0.5, 0.6) is 0 Å². The third kappa shape index (κ3) is 3.59. The van der Waals surface area contributed by atoms with Gasteiger partial charge < -0.3 is 0 Å². The Morgan fingerprint density at radius 2 is 2.07 bits per heavy atom. The molecule has 1 atom stereocenters. The van der Waals surface area contributed by atoms with Crippen LogP contribution in [0.4, 0.5) is 0 Å². The molecule has 1 aliphatic heterocycles. The zero-order valence-electron chi connectivity index (χ0n) is 7.26. The normalized spacial score (nSPS) is 25.8. The average Bonchev–Trinajstić information content (AvgIpc) is 2.13. The molecule has 0 saturated carbocycles. The second-order valence-corrected chi connectivity index (χ2v) is 6.55. The first-order chi connectivity index (χ1) is 6.61.